The summed E-state index contributed by atoms with van der Waals surface area (Å²) in [5.41, 5.74) is 4.10. The van der Waals surface area contributed by atoms with Crippen molar-refractivity contribution < 1.29 is 23.5 Å². The van der Waals surface area contributed by atoms with Gasteiger partial charge >= 0.3 is 5.97 Å². The molecule has 0 bridgehead atoms. The van der Waals surface area contributed by atoms with Crippen LogP contribution in [0.4, 0.5) is 5.69 Å². The van der Waals surface area contributed by atoms with Gasteiger partial charge in [-0.15, -0.1) is 0 Å². The Morgan fingerprint density at radius 2 is 1.54 bits per heavy atom. The normalized spacial score (nSPS) is 10.7. The Balaban J connectivity index is 1.36. The molecule has 2 N–H and O–H groups in total. The summed E-state index contributed by atoms with van der Waals surface area (Å²) >= 11 is 5.85. The lowest BCUT2D eigenvalue weighted by molar-refractivity contribution is 0.0734. The zero-order valence-electron chi connectivity index (χ0n) is 18.1. The molecule has 35 heavy (non-hydrogen) atoms. The summed E-state index contributed by atoms with van der Waals surface area (Å²) in [5, 5.41) is 7.14. The van der Waals surface area contributed by atoms with E-state index in [1.165, 1.54) is 12.5 Å². The number of rotatable bonds is 7. The Hall–Kier alpha value is -4.69. The van der Waals surface area contributed by atoms with Crippen LogP contribution in [-0.4, -0.2) is 24.0 Å². The number of nitrogens with one attached hydrogen (secondary N) is 2. The third kappa shape index (κ3) is 6.21. The zero-order valence-corrected chi connectivity index (χ0v) is 18.9. The van der Waals surface area contributed by atoms with Crippen LogP contribution in [0.2, 0.25) is 5.02 Å². The third-order valence-corrected chi connectivity index (χ3v) is 4.97. The number of furan rings is 1. The number of carbonyl (C=O) groups is 3. The minimum atomic E-state index is -0.550. The molecule has 0 unspecified atom stereocenters. The van der Waals surface area contributed by atoms with Gasteiger partial charge in [-0.2, -0.15) is 5.10 Å². The lowest BCUT2D eigenvalue weighted by Crippen LogP contribution is -2.18. The van der Waals surface area contributed by atoms with Crippen molar-refractivity contribution in [3.63, 3.8) is 0 Å². The molecule has 0 atom stereocenters. The summed E-state index contributed by atoms with van der Waals surface area (Å²) in [7, 11) is 0. The zero-order chi connectivity index (χ0) is 24.6. The first-order valence-electron chi connectivity index (χ1n) is 10.3. The molecular weight excluding hydrogens is 470 g/mol. The number of hydrogen-bond acceptors (Lipinski definition) is 6. The molecule has 9 heteroatoms. The number of benzene rings is 3. The van der Waals surface area contributed by atoms with Crippen LogP contribution in [0.5, 0.6) is 5.75 Å². The lowest BCUT2D eigenvalue weighted by Gasteiger charge is -2.07. The third-order valence-electron chi connectivity index (χ3n) is 4.72. The number of halogens is 1. The highest BCUT2D eigenvalue weighted by atomic mass is 35.5. The second-order valence-corrected chi connectivity index (χ2v) is 7.58. The molecule has 8 nitrogen and oxygen atoms in total. The van der Waals surface area contributed by atoms with E-state index >= 15 is 0 Å². The molecule has 2 amide bonds. The predicted molar refractivity (Wildman–Crippen MR) is 131 cm³/mol. The summed E-state index contributed by atoms with van der Waals surface area (Å²) in [5.74, 6) is -0.943. The van der Waals surface area contributed by atoms with Gasteiger partial charge in [-0.05, 0) is 72.8 Å². The molecule has 0 spiro atoms. The van der Waals surface area contributed by atoms with Crippen LogP contribution >= 0.6 is 11.6 Å². The van der Waals surface area contributed by atoms with Crippen LogP contribution in [0.1, 0.15) is 36.8 Å². The maximum atomic E-state index is 12.4. The monoisotopic (exact) mass is 487 g/mol. The van der Waals surface area contributed by atoms with Crippen LogP contribution < -0.4 is 15.5 Å². The van der Waals surface area contributed by atoms with Crippen LogP contribution in [0, 0.1) is 0 Å². The average Bonchev–Trinajstić information content (AvgIpc) is 3.41. The van der Waals surface area contributed by atoms with Crippen LogP contribution in [0.3, 0.4) is 0 Å². The molecule has 0 aliphatic rings. The van der Waals surface area contributed by atoms with Gasteiger partial charge in [-0.25, -0.2) is 10.2 Å². The van der Waals surface area contributed by atoms with E-state index in [1.807, 2.05) is 0 Å². The van der Waals surface area contributed by atoms with Gasteiger partial charge in [0, 0.05) is 21.8 Å². The van der Waals surface area contributed by atoms with Gasteiger partial charge in [0.15, 0.2) is 5.76 Å². The SMILES string of the molecule is O=C(N/N=C\c1ccccc1OC(=O)c1ccc(Cl)cc1)c1ccc(NC(=O)c2ccco2)cc1. The van der Waals surface area contributed by atoms with Crippen molar-refractivity contribution in [2.24, 2.45) is 5.10 Å². The average molecular weight is 488 g/mol. The topological polar surface area (TPSA) is 110 Å². The Morgan fingerprint density at radius 1 is 0.829 bits per heavy atom. The predicted octanol–water partition coefficient (Wildman–Crippen LogP) is 5.17. The number of ether oxygens (including phenoxy) is 1. The van der Waals surface area contributed by atoms with Crippen LogP contribution in [0.25, 0.3) is 0 Å². The van der Waals surface area contributed by atoms with E-state index in [-0.39, 0.29) is 11.5 Å². The van der Waals surface area contributed by atoms with E-state index in [0.717, 1.165) is 0 Å². The van der Waals surface area contributed by atoms with Crippen molar-refractivity contribution in [3.05, 3.63) is 119 Å². The molecule has 4 aromatic rings. The number of hydrazone groups is 1. The quantitative estimate of drug-likeness (QED) is 0.162. The van der Waals surface area contributed by atoms with Crippen molar-refractivity contribution in [1.29, 1.82) is 0 Å². The molecule has 0 saturated carbocycles. The minimum Gasteiger partial charge on any atom is -0.459 e. The van der Waals surface area contributed by atoms with Crippen molar-refractivity contribution in [2.75, 3.05) is 5.32 Å². The van der Waals surface area contributed by atoms with Gasteiger partial charge < -0.3 is 14.5 Å². The lowest BCUT2D eigenvalue weighted by atomic mass is 10.2. The molecule has 0 aliphatic carbocycles. The number of carbonyl (C=O) groups excluding carboxylic acids is 3. The second-order valence-electron chi connectivity index (χ2n) is 7.14. The number of esters is 1. The van der Waals surface area contributed by atoms with E-state index in [1.54, 1.807) is 84.9 Å². The molecule has 4 rings (SSSR count). The van der Waals surface area contributed by atoms with Crippen molar-refractivity contribution >= 4 is 41.3 Å². The van der Waals surface area contributed by atoms with Crippen molar-refractivity contribution in [3.8, 4) is 5.75 Å². The molecule has 3 aromatic carbocycles. The Morgan fingerprint density at radius 3 is 2.26 bits per heavy atom. The first-order chi connectivity index (χ1) is 17.0. The summed E-state index contributed by atoms with van der Waals surface area (Å²) < 4.78 is 10.5. The molecule has 0 saturated heterocycles. The maximum absolute atomic E-state index is 12.4. The van der Waals surface area contributed by atoms with E-state index in [9.17, 15) is 14.4 Å². The first kappa shape index (κ1) is 23.5. The van der Waals surface area contributed by atoms with Gasteiger partial charge in [0.25, 0.3) is 11.8 Å². The summed E-state index contributed by atoms with van der Waals surface area (Å²) in [6.07, 6.45) is 2.78. The smallest absolute Gasteiger partial charge is 0.343 e. The highest BCUT2D eigenvalue weighted by molar-refractivity contribution is 6.30. The van der Waals surface area contributed by atoms with Gasteiger partial charge in [-0.3, -0.25) is 9.59 Å². The van der Waals surface area contributed by atoms with E-state index in [0.29, 0.717) is 27.4 Å². The molecule has 1 aromatic heterocycles. The van der Waals surface area contributed by atoms with Crippen LogP contribution in [-0.2, 0) is 0 Å². The van der Waals surface area contributed by atoms with Crippen molar-refractivity contribution in [2.45, 2.75) is 0 Å². The van der Waals surface area contributed by atoms with Gasteiger partial charge in [0.2, 0.25) is 0 Å². The number of anilines is 1. The fourth-order valence-corrected chi connectivity index (χ4v) is 3.08. The maximum Gasteiger partial charge on any atom is 0.343 e. The van der Waals surface area contributed by atoms with Gasteiger partial charge in [0.1, 0.15) is 5.75 Å². The fraction of sp³-hybridized carbons (Fsp3) is 0. The van der Waals surface area contributed by atoms with Gasteiger partial charge in [0.05, 0.1) is 18.0 Å². The molecule has 1 heterocycles. The number of hydrogen-bond donors (Lipinski definition) is 2. The molecule has 0 aliphatic heterocycles. The Bertz CT molecular complexity index is 1370. The minimum absolute atomic E-state index is 0.181. The summed E-state index contributed by atoms with van der Waals surface area (Å²) in [6.45, 7) is 0. The number of amides is 2. The largest absolute Gasteiger partial charge is 0.459 e. The van der Waals surface area contributed by atoms with Gasteiger partial charge in [-0.1, -0.05) is 23.7 Å². The first-order valence-corrected chi connectivity index (χ1v) is 10.7. The van der Waals surface area contributed by atoms with E-state index in [4.69, 9.17) is 20.8 Å². The summed E-state index contributed by atoms with van der Waals surface area (Å²) in [4.78, 5) is 36.8. The van der Waals surface area contributed by atoms with E-state index in [2.05, 4.69) is 15.8 Å². The molecule has 0 fully saturated rings. The molecule has 174 valence electrons. The Labute approximate surface area is 205 Å². The highest BCUT2D eigenvalue weighted by Gasteiger charge is 2.12. The Kier molecular flexibility index (Phi) is 7.34. The summed E-state index contributed by atoms with van der Waals surface area (Å²) in [6, 6.07) is 22.5. The number of nitrogens with zero attached hydrogens (tertiary/aromatic N) is 1. The van der Waals surface area contributed by atoms with Crippen molar-refractivity contribution in [1.82, 2.24) is 5.43 Å². The standard InChI is InChI=1S/C26H18ClN3O5/c27-20-11-7-18(8-12-20)26(33)35-22-5-2-1-4-19(22)16-28-30-24(31)17-9-13-21(14-10-17)29-25(32)23-6-3-15-34-23/h1-16H,(H,29,32)(H,30,31)/b28-16-. The molecule has 0 radical (unpaired) electrons. The van der Waals surface area contributed by atoms with Crippen LogP contribution in [0.15, 0.2) is 101 Å². The van der Waals surface area contributed by atoms with E-state index < -0.39 is 17.8 Å². The second kappa shape index (κ2) is 11.0. The number of para-hydroxylation sites is 1. The molecular formula is C26H18ClN3O5. The fourth-order valence-electron chi connectivity index (χ4n) is 2.96. The highest BCUT2D eigenvalue weighted by Crippen LogP contribution is 2.19.